The number of halogens is 2. The highest BCUT2D eigenvalue weighted by Gasteiger charge is 2.16. The first-order valence-corrected chi connectivity index (χ1v) is 4.79. The van der Waals surface area contributed by atoms with Gasteiger partial charge in [-0.1, -0.05) is 13.8 Å². The molecule has 16 heavy (non-hydrogen) atoms. The summed E-state index contributed by atoms with van der Waals surface area (Å²) in [5.41, 5.74) is -0.913. The Labute approximate surface area is 91.4 Å². The smallest absolute Gasteiger partial charge is 0.275 e. The van der Waals surface area contributed by atoms with E-state index in [0.717, 1.165) is 0 Å². The Balaban J connectivity index is 2.98. The van der Waals surface area contributed by atoms with Crippen LogP contribution in [0.1, 0.15) is 13.8 Å². The van der Waals surface area contributed by atoms with Crippen molar-refractivity contribution in [2.45, 2.75) is 13.8 Å². The van der Waals surface area contributed by atoms with E-state index in [1.165, 1.54) is 0 Å². The summed E-state index contributed by atoms with van der Waals surface area (Å²) in [6, 6.07) is 1.40. The van der Waals surface area contributed by atoms with Gasteiger partial charge in [-0.3, -0.25) is 10.1 Å². The average Bonchev–Trinajstić information content (AvgIpc) is 2.15. The molecule has 0 radical (unpaired) electrons. The number of rotatable bonds is 4. The van der Waals surface area contributed by atoms with Crippen molar-refractivity contribution in [2.75, 3.05) is 11.9 Å². The average molecular weight is 230 g/mol. The van der Waals surface area contributed by atoms with Crippen LogP contribution >= 0.6 is 0 Å². The molecule has 6 heteroatoms. The third kappa shape index (κ3) is 2.88. The fourth-order valence-corrected chi connectivity index (χ4v) is 1.14. The Morgan fingerprint density at radius 3 is 2.25 bits per heavy atom. The van der Waals surface area contributed by atoms with Crippen molar-refractivity contribution in [3.8, 4) is 0 Å². The van der Waals surface area contributed by atoms with Crippen LogP contribution in [0.15, 0.2) is 12.1 Å². The van der Waals surface area contributed by atoms with Crippen molar-refractivity contribution in [3.63, 3.8) is 0 Å². The van der Waals surface area contributed by atoms with E-state index < -0.39 is 22.2 Å². The van der Waals surface area contributed by atoms with Gasteiger partial charge in [0.2, 0.25) is 0 Å². The Morgan fingerprint density at radius 2 is 1.88 bits per heavy atom. The van der Waals surface area contributed by atoms with Gasteiger partial charge in [0, 0.05) is 6.54 Å². The van der Waals surface area contributed by atoms with Gasteiger partial charge in [-0.25, -0.2) is 8.78 Å². The summed E-state index contributed by atoms with van der Waals surface area (Å²) in [6.07, 6.45) is 0. The van der Waals surface area contributed by atoms with Crippen LogP contribution < -0.4 is 5.32 Å². The molecule has 0 amide bonds. The zero-order valence-corrected chi connectivity index (χ0v) is 8.96. The molecular formula is C10H12F2N2O2. The zero-order valence-electron chi connectivity index (χ0n) is 8.96. The molecule has 0 saturated carbocycles. The number of hydrogen-bond acceptors (Lipinski definition) is 3. The van der Waals surface area contributed by atoms with Gasteiger partial charge in [-0.05, 0) is 5.92 Å². The van der Waals surface area contributed by atoms with Crippen LogP contribution in [0.5, 0.6) is 0 Å². The minimum atomic E-state index is -0.952. The molecule has 0 spiro atoms. The minimum Gasteiger partial charge on any atom is -0.380 e. The fraction of sp³-hybridized carbons (Fsp3) is 0.400. The second kappa shape index (κ2) is 4.87. The third-order valence-corrected chi connectivity index (χ3v) is 1.92. The van der Waals surface area contributed by atoms with Crippen molar-refractivity contribution in [3.05, 3.63) is 33.9 Å². The maximum atomic E-state index is 13.3. The molecule has 1 aromatic rings. The van der Waals surface area contributed by atoms with Crippen molar-refractivity contribution in [1.82, 2.24) is 0 Å². The Morgan fingerprint density at radius 1 is 1.38 bits per heavy atom. The van der Waals surface area contributed by atoms with Gasteiger partial charge in [0.1, 0.15) is 5.69 Å². The van der Waals surface area contributed by atoms with Crippen LogP contribution in [0.4, 0.5) is 20.2 Å². The van der Waals surface area contributed by atoms with Gasteiger partial charge in [-0.2, -0.15) is 0 Å². The lowest BCUT2D eigenvalue weighted by Crippen LogP contribution is -2.11. The lowest BCUT2D eigenvalue weighted by molar-refractivity contribution is -0.385. The lowest BCUT2D eigenvalue weighted by Gasteiger charge is -2.10. The van der Waals surface area contributed by atoms with E-state index in [1.807, 2.05) is 13.8 Å². The zero-order chi connectivity index (χ0) is 12.3. The predicted molar refractivity (Wildman–Crippen MR) is 56.3 cm³/mol. The first-order chi connectivity index (χ1) is 7.41. The van der Waals surface area contributed by atoms with Gasteiger partial charge in [-0.15, -0.1) is 0 Å². The third-order valence-electron chi connectivity index (χ3n) is 1.92. The number of nitro benzene ring substituents is 1. The molecule has 0 aliphatic heterocycles. The standard InChI is InChI=1S/C10H12F2N2O2/c1-6(2)5-13-10-8(11)3-7(14(15)16)4-9(10)12/h3-4,6,13H,5H2,1-2H3. The fourth-order valence-electron chi connectivity index (χ4n) is 1.14. The summed E-state index contributed by atoms with van der Waals surface area (Å²) in [6.45, 7) is 4.16. The number of anilines is 1. The highest BCUT2D eigenvalue weighted by molar-refractivity contribution is 5.51. The van der Waals surface area contributed by atoms with Crippen molar-refractivity contribution in [1.29, 1.82) is 0 Å². The van der Waals surface area contributed by atoms with Gasteiger partial charge in [0.05, 0.1) is 17.1 Å². The summed E-state index contributed by atoms with van der Waals surface area (Å²) >= 11 is 0. The SMILES string of the molecule is CC(C)CNc1c(F)cc([N+](=O)[O-])cc1F. The van der Waals surface area contributed by atoms with E-state index >= 15 is 0 Å². The topological polar surface area (TPSA) is 55.2 Å². The molecule has 88 valence electrons. The van der Waals surface area contributed by atoms with Crippen LogP contribution in [-0.2, 0) is 0 Å². The van der Waals surface area contributed by atoms with Gasteiger partial charge < -0.3 is 5.32 Å². The van der Waals surface area contributed by atoms with E-state index in [4.69, 9.17) is 0 Å². The molecule has 0 saturated heterocycles. The number of benzene rings is 1. The first-order valence-electron chi connectivity index (χ1n) is 4.79. The number of nitrogens with one attached hydrogen (secondary N) is 1. The number of hydrogen-bond donors (Lipinski definition) is 1. The largest absolute Gasteiger partial charge is 0.380 e. The van der Waals surface area contributed by atoms with E-state index in [2.05, 4.69) is 5.32 Å². The van der Waals surface area contributed by atoms with Crippen molar-refractivity contribution in [2.24, 2.45) is 5.92 Å². The molecule has 0 aliphatic carbocycles. The second-order valence-electron chi connectivity index (χ2n) is 3.82. The van der Waals surface area contributed by atoms with Crippen LogP contribution in [0.25, 0.3) is 0 Å². The second-order valence-corrected chi connectivity index (χ2v) is 3.82. The Bertz CT molecular complexity index is 385. The van der Waals surface area contributed by atoms with Crippen LogP contribution in [-0.4, -0.2) is 11.5 Å². The van der Waals surface area contributed by atoms with E-state index in [1.54, 1.807) is 0 Å². The minimum absolute atomic E-state index is 0.217. The molecule has 1 aromatic carbocycles. The number of nitrogens with zero attached hydrogens (tertiary/aromatic N) is 1. The number of nitro groups is 1. The van der Waals surface area contributed by atoms with Gasteiger partial charge >= 0.3 is 0 Å². The van der Waals surface area contributed by atoms with Crippen molar-refractivity contribution < 1.29 is 13.7 Å². The molecule has 4 nitrogen and oxygen atoms in total. The maximum absolute atomic E-state index is 13.3. The summed E-state index contributed by atoms with van der Waals surface area (Å²) in [5.74, 6) is -1.69. The highest BCUT2D eigenvalue weighted by Crippen LogP contribution is 2.24. The highest BCUT2D eigenvalue weighted by atomic mass is 19.1. The molecule has 0 fully saturated rings. The quantitative estimate of drug-likeness (QED) is 0.639. The van der Waals surface area contributed by atoms with E-state index in [9.17, 15) is 18.9 Å². The van der Waals surface area contributed by atoms with Crippen LogP contribution in [0.3, 0.4) is 0 Å². The molecule has 0 aliphatic rings. The predicted octanol–water partition coefficient (Wildman–Crippen LogP) is 2.94. The summed E-state index contributed by atoms with van der Waals surface area (Å²) < 4.78 is 26.6. The normalized spacial score (nSPS) is 10.6. The molecule has 0 heterocycles. The molecule has 0 bridgehead atoms. The number of non-ortho nitro benzene ring substituents is 1. The Kier molecular flexibility index (Phi) is 3.76. The lowest BCUT2D eigenvalue weighted by atomic mass is 10.2. The van der Waals surface area contributed by atoms with Gasteiger partial charge in [0.25, 0.3) is 5.69 Å². The van der Waals surface area contributed by atoms with E-state index in [-0.39, 0.29) is 11.6 Å². The maximum Gasteiger partial charge on any atom is 0.275 e. The molecule has 0 aromatic heterocycles. The molecular weight excluding hydrogens is 218 g/mol. The molecule has 1 rings (SSSR count). The van der Waals surface area contributed by atoms with E-state index in [0.29, 0.717) is 18.7 Å². The van der Waals surface area contributed by atoms with Gasteiger partial charge in [0.15, 0.2) is 11.6 Å². The monoisotopic (exact) mass is 230 g/mol. The molecule has 0 unspecified atom stereocenters. The Hall–Kier alpha value is -1.72. The first kappa shape index (κ1) is 12.4. The summed E-state index contributed by atoms with van der Waals surface area (Å²) in [4.78, 5) is 9.50. The summed E-state index contributed by atoms with van der Waals surface area (Å²) in [7, 11) is 0. The van der Waals surface area contributed by atoms with Crippen LogP contribution in [0.2, 0.25) is 0 Å². The molecule has 1 N–H and O–H groups in total. The molecule has 0 atom stereocenters. The van der Waals surface area contributed by atoms with Crippen LogP contribution in [0, 0.1) is 27.7 Å². The van der Waals surface area contributed by atoms with Crippen molar-refractivity contribution >= 4 is 11.4 Å². The summed E-state index contributed by atoms with van der Waals surface area (Å²) in [5, 5.41) is 12.9.